The summed E-state index contributed by atoms with van der Waals surface area (Å²) in [5.74, 6) is 0.630. The molecular weight excluding hydrogens is 354 g/mol. The van der Waals surface area contributed by atoms with Crippen molar-refractivity contribution in [1.82, 2.24) is 25.4 Å². The van der Waals surface area contributed by atoms with Gasteiger partial charge in [0.05, 0.1) is 18.3 Å². The first-order valence-electron chi connectivity index (χ1n) is 10.4. The second-order valence-corrected chi connectivity index (χ2v) is 7.75. The molecule has 0 spiro atoms. The van der Waals surface area contributed by atoms with E-state index in [4.69, 9.17) is 4.74 Å². The van der Waals surface area contributed by atoms with Crippen LogP contribution in [0.25, 0.3) is 0 Å². The molecule has 2 aliphatic rings. The molecule has 7 heteroatoms. The van der Waals surface area contributed by atoms with E-state index in [0.29, 0.717) is 25.0 Å². The van der Waals surface area contributed by atoms with Crippen LogP contribution in [0.5, 0.6) is 5.88 Å². The van der Waals surface area contributed by atoms with Gasteiger partial charge >= 0.3 is 6.03 Å². The number of aromatic nitrogens is 3. The van der Waals surface area contributed by atoms with Crippen molar-refractivity contribution in [2.45, 2.75) is 76.6 Å². The van der Waals surface area contributed by atoms with Crippen LogP contribution in [0.4, 0.5) is 4.79 Å². The monoisotopic (exact) mass is 383 g/mol. The number of ether oxygens (including phenoxy) is 1. The van der Waals surface area contributed by atoms with Crippen LogP contribution in [0, 0.1) is 0 Å². The third kappa shape index (κ3) is 4.82. The fourth-order valence-electron chi connectivity index (χ4n) is 4.08. The lowest BCUT2D eigenvalue weighted by molar-refractivity contribution is 0.198. The summed E-state index contributed by atoms with van der Waals surface area (Å²) in [7, 11) is 0. The molecule has 0 aromatic carbocycles. The lowest BCUT2D eigenvalue weighted by Crippen LogP contribution is -2.35. The maximum atomic E-state index is 12.2. The summed E-state index contributed by atoms with van der Waals surface area (Å²) in [4.78, 5) is 16.5. The minimum absolute atomic E-state index is 0.217. The molecular formula is C21H29N5O2. The van der Waals surface area contributed by atoms with Gasteiger partial charge in [-0.1, -0.05) is 18.9 Å². The van der Waals surface area contributed by atoms with Crippen LogP contribution in [0.1, 0.15) is 68.7 Å². The molecule has 4 rings (SSSR count). The molecule has 2 amide bonds. The van der Waals surface area contributed by atoms with E-state index in [0.717, 1.165) is 24.1 Å². The summed E-state index contributed by atoms with van der Waals surface area (Å²) in [6.45, 7) is 0.808. The van der Waals surface area contributed by atoms with E-state index >= 15 is 0 Å². The highest BCUT2D eigenvalue weighted by Gasteiger charge is 2.19. The highest BCUT2D eigenvalue weighted by Crippen LogP contribution is 2.28. The van der Waals surface area contributed by atoms with Gasteiger partial charge in [0, 0.05) is 24.5 Å². The smallest absolute Gasteiger partial charge is 0.315 e. The molecule has 0 unspecified atom stereocenters. The number of hydrogen-bond donors (Lipinski definition) is 2. The fourth-order valence-corrected chi connectivity index (χ4v) is 4.08. The number of nitrogens with one attached hydrogen (secondary N) is 2. The van der Waals surface area contributed by atoms with Crippen LogP contribution in [0.3, 0.4) is 0 Å². The molecule has 2 N–H and O–H groups in total. The topological polar surface area (TPSA) is 81.1 Å². The summed E-state index contributed by atoms with van der Waals surface area (Å²) in [5, 5.41) is 10.4. The van der Waals surface area contributed by atoms with Gasteiger partial charge in [0.1, 0.15) is 6.10 Å². The molecule has 0 saturated heterocycles. The van der Waals surface area contributed by atoms with Gasteiger partial charge in [0.2, 0.25) is 5.88 Å². The fraction of sp³-hybridized carbons (Fsp3) is 0.571. The Labute approximate surface area is 165 Å². The Morgan fingerprint density at radius 1 is 1.07 bits per heavy atom. The predicted octanol–water partition coefficient (Wildman–Crippen LogP) is 3.71. The van der Waals surface area contributed by atoms with Crippen molar-refractivity contribution < 1.29 is 9.53 Å². The number of hydrogen-bond acceptors (Lipinski definition) is 4. The van der Waals surface area contributed by atoms with Gasteiger partial charge in [-0.25, -0.2) is 9.78 Å². The second kappa shape index (κ2) is 9.08. The summed E-state index contributed by atoms with van der Waals surface area (Å²) in [6.07, 6.45) is 13.5. The van der Waals surface area contributed by atoms with Crippen LogP contribution < -0.4 is 15.4 Å². The quantitative estimate of drug-likeness (QED) is 0.764. The van der Waals surface area contributed by atoms with Crippen molar-refractivity contribution >= 4 is 6.03 Å². The van der Waals surface area contributed by atoms with Crippen molar-refractivity contribution in [2.24, 2.45) is 0 Å². The van der Waals surface area contributed by atoms with Crippen molar-refractivity contribution in [3.8, 4) is 5.88 Å². The highest BCUT2D eigenvalue weighted by molar-refractivity contribution is 5.73. The number of nitrogens with zero attached hydrogens (tertiary/aromatic N) is 3. The van der Waals surface area contributed by atoms with Crippen molar-refractivity contribution in [3.05, 3.63) is 41.9 Å². The van der Waals surface area contributed by atoms with E-state index in [1.165, 1.54) is 38.5 Å². The van der Waals surface area contributed by atoms with E-state index in [-0.39, 0.29) is 12.1 Å². The van der Waals surface area contributed by atoms with Crippen molar-refractivity contribution in [3.63, 3.8) is 0 Å². The number of rotatable bonds is 7. The normalized spacial score (nSPS) is 17.7. The van der Waals surface area contributed by atoms with E-state index < -0.39 is 0 Å². The number of pyridine rings is 1. The lowest BCUT2D eigenvalue weighted by Gasteiger charge is -2.15. The Morgan fingerprint density at radius 3 is 2.64 bits per heavy atom. The van der Waals surface area contributed by atoms with E-state index in [2.05, 4.69) is 20.7 Å². The molecule has 2 aromatic heterocycles. The zero-order valence-corrected chi connectivity index (χ0v) is 16.3. The molecule has 7 nitrogen and oxygen atoms in total. The largest absolute Gasteiger partial charge is 0.474 e. The molecule has 0 atom stereocenters. The van der Waals surface area contributed by atoms with E-state index in [1.807, 2.05) is 29.1 Å². The first-order valence-corrected chi connectivity index (χ1v) is 10.4. The minimum Gasteiger partial charge on any atom is -0.474 e. The summed E-state index contributed by atoms with van der Waals surface area (Å²) in [5.41, 5.74) is 1.78. The summed E-state index contributed by atoms with van der Waals surface area (Å²) in [6, 6.07) is 6.10. The van der Waals surface area contributed by atoms with Crippen LogP contribution in [-0.4, -0.2) is 26.9 Å². The molecule has 2 aliphatic carbocycles. The van der Waals surface area contributed by atoms with Gasteiger partial charge < -0.3 is 15.4 Å². The first-order chi connectivity index (χ1) is 13.8. The third-order valence-electron chi connectivity index (χ3n) is 5.66. The van der Waals surface area contributed by atoms with Crippen LogP contribution in [0.2, 0.25) is 0 Å². The molecule has 0 radical (unpaired) electrons. The molecule has 2 heterocycles. The van der Waals surface area contributed by atoms with Gasteiger partial charge in [-0.15, -0.1) is 0 Å². The lowest BCUT2D eigenvalue weighted by atomic mass is 10.2. The van der Waals surface area contributed by atoms with Gasteiger partial charge in [0.15, 0.2) is 0 Å². The Hall–Kier alpha value is -2.57. The van der Waals surface area contributed by atoms with Crippen LogP contribution in [-0.2, 0) is 13.1 Å². The van der Waals surface area contributed by atoms with Crippen molar-refractivity contribution in [1.29, 1.82) is 0 Å². The minimum atomic E-state index is -0.217. The van der Waals surface area contributed by atoms with Crippen LogP contribution in [0.15, 0.2) is 30.6 Å². The average Bonchev–Trinajstić information content (AvgIpc) is 3.48. The standard InChI is InChI=1S/C21H29N5O2/c27-21(24-15-17-11-13-26(25-17)18-7-1-2-8-18)23-14-16-6-5-12-22-20(16)28-19-9-3-4-10-19/h5-6,11-13,18-19H,1-4,7-10,14-15H2,(H2,23,24,27). The van der Waals surface area contributed by atoms with Gasteiger partial charge in [-0.3, -0.25) is 4.68 Å². The number of urea groups is 1. The predicted molar refractivity (Wildman–Crippen MR) is 106 cm³/mol. The van der Waals surface area contributed by atoms with Gasteiger partial charge in [-0.2, -0.15) is 5.10 Å². The SMILES string of the molecule is O=C(NCc1ccn(C2CCCC2)n1)NCc1cccnc1OC1CCCC1. The summed E-state index contributed by atoms with van der Waals surface area (Å²) < 4.78 is 8.07. The molecule has 2 aromatic rings. The number of carbonyl (C=O) groups is 1. The highest BCUT2D eigenvalue weighted by atomic mass is 16.5. The molecule has 150 valence electrons. The maximum absolute atomic E-state index is 12.2. The summed E-state index contributed by atoms with van der Waals surface area (Å²) >= 11 is 0. The Kier molecular flexibility index (Phi) is 6.09. The second-order valence-electron chi connectivity index (χ2n) is 7.75. The van der Waals surface area contributed by atoms with E-state index in [1.54, 1.807) is 6.20 Å². The van der Waals surface area contributed by atoms with Crippen molar-refractivity contribution in [2.75, 3.05) is 0 Å². The van der Waals surface area contributed by atoms with E-state index in [9.17, 15) is 4.79 Å². The Bertz CT molecular complexity index is 779. The van der Waals surface area contributed by atoms with Gasteiger partial charge in [-0.05, 0) is 50.7 Å². The number of amides is 2. The Balaban J connectivity index is 1.24. The maximum Gasteiger partial charge on any atom is 0.315 e. The molecule has 2 saturated carbocycles. The van der Waals surface area contributed by atoms with Gasteiger partial charge in [0.25, 0.3) is 0 Å². The third-order valence-corrected chi connectivity index (χ3v) is 5.66. The molecule has 2 fully saturated rings. The first kappa shape index (κ1) is 18.8. The Morgan fingerprint density at radius 2 is 1.82 bits per heavy atom. The molecule has 28 heavy (non-hydrogen) atoms. The zero-order chi connectivity index (χ0) is 19.2. The average molecular weight is 383 g/mol. The molecule has 0 aliphatic heterocycles. The van der Waals surface area contributed by atoms with Crippen LogP contribution >= 0.6 is 0 Å². The zero-order valence-electron chi connectivity index (χ0n) is 16.3. The molecule has 0 bridgehead atoms. The number of carbonyl (C=O) groups excluding carboxylic acids is 1.